The lowest BCUT2D eigenvalue weighted by Gasteiger charge is -2.18. The maximum absolute atomic E-state index is 13.5. The second-order valence-electron chi connectivity index (χ2n) is 5.82. The molecule has 2 aromatic carbocycles. The minimum atomic E-state index is -4.05. The number of nitrogens with one attached hydrogen (secondary N) is 1. The number of halogens is 2. The van der Waals surface area contributed by atoms with E-state index in [0.29, 0.717) is 4.31 Å². The van der Waals surface area contributed by atoms with Gasteiger partial charge in [-0.3, -0.25) is 9.59 Å². The van der Waals surface area contributed by atoms with E-state index in [9.17, 15) is 26.8 Å². The molecule has 0 spiro atoms. The third kappa shape index (κ3) is 5.33. The van der Waals surface area contributed by atoms with Gasteiger partial charge in [0.25, 0.3) is 5.91 Å². The van der Waals surface area contributed by atoms with E-state index in [2.05, 4.69) is 5.32 Å². The second kappa shape index (κ2) is 8.89. The van der Waals surface area contributed by atoms with Gasteiger partial charge in [-0.2, -0.15) is 4.31 Å². The Morgan fingerprint density at radius 2 is 1.71 bits per heavy atom. The molecule has 0 aliphatic rings. The van der Waals surface area contributed by atoms with Crippen LogP contribution in [0.2, 0.25) is 0 Å². The van der Waals surface area contributed by atoms with Gasteiger partial charge >= 0.3 is 5.97 Å². The van der Waals surface area contributed by atoms with Crippen LogP contribution in [0.5, 0.6) is 0 Å². The zero-order valence-corrected chi connectivity index (χ0v) is 15.9. The second-order valence-corrected chi connectivity index (χ2v) is 7.86. The largest absolute Gasteiger partial charge is 0.452 e. The fourth-order valence-corrected chi connectivity index (χ4v) is 3.25. The molecule has 0 radical (unpaired) electrons. The summed E-state index contributed by atoms with van der Waals surface area (Å²) in [6, 6.07) is 9.55. The Kier molecular flexibility index (Phi) is 6.81. The van der Waals surface area contributed by atoms with Crippen molar-refractivity contribution < 1.29 is 31.5 Å². The SMILES string of the molecule is C[C@H](OC(=O)CN(C)S(=O)(=O)c1ccc(F)cc1)C(=O)Nc1ccccc1F. The van der Waals surface area contributed by atoms with E-state index in [4.69, 9.17) is 4.74 Å². The first-order valence-electron chi connectivity index (χ1n) is 8.08. The van der Waals surface area contributed by atoms with Gasteiger partial charge in [0, 0.05) is 7.05 Å². The normalized spacial score (nSPS) is 12.5. The van der Waals surface area contributed by atoms with E-state index in [1.54, 1.807) is 0 Å². The van der Waals surface area contributed by atoms with Crippen LogP contribution in [0.15, 0.2) is 53.4 Å². The highest BCUT2D eigenvalue weighted by atomic mass is 32.2. The molecule has 0 heterocycles. The highest BCUT2D eigenvalue weighted by Crippen LogP contribution is 2.15. The number of benzene rings is 2. The van der Waals surface area contributed by atoms with Gasteiger partial charge in [-0.15, -0.1) is 0 Å². The molecule has 0 fully saturated rings. The third-order valence-electron chi connectivity index (χ3n) is 3.68. The van der Waals surface area contributed by atoms with E-state index >= 15 is 0 Å². The molecule has 2 rings (SSSR count). The number of carbonyl (C=O) groups excluding carboxylic acids is 2. The highest BCUT2D eigenvalue weighted by Gasteiger charge is 2.26. The molecule has 0 bridgehead atoms. The monoisotopic (exact) mass is 412 g/mol. The number of rotatable bonds is 7. The van der Waals surface area contributed by atoms with Crippen molar-refractivity contribution in [3.63, 3.8) is 0 Å². The molecule has 28 heavy (non-hydrogen) atoms. The fourth-order valence-electron chi connectivity index (χ4n) is 2.14. The lowest BCUT2D eigenvalue weighted by Crippen LogP contribution is -2.37. The topological polar surface area (TPSA) is 92.8 Å². The van der Waals surface area contributed by atoms with E-state index in [1.165, 1.54) is 25.1 Å². The average molecular weight is 412 g/mol. The van der Waals surface area contributed by atoms with E-state index in [0.717, 1.165) is 37.4 Å². The van der Waals surface area contributed by atoms with Crippen LogP contribution in [-0.4, -0.2) is 44.3 Å². The van der Waals surface area contributed by atoms with Crippen molar-refractivity contribution in [2.24, 2.45) is 0 Å². The minimum Gasteiger partial charge on any atom is -0.452 e. The first-order chi connectivity index (χ1) is 13.1. The Balaban J connectivity index is 1.95. The quantitative estimate of drug-likeness (QED) is 0.704. The summed E-state index contributed by atoms with van der Waals surface area (Å²) in [5, 5.41) is 2.27. The van der Waals surface area contributed by atoms with E-state index < -0.39 is 46.2 Å². The molecule has 150 valence electrons. The number of ether oxygens (including phenoxy) is 1. The highest BCUT2D eigenvalue weighted by molar-refractivity contribution is 7.89. The molecular formula is C18H18F2N2O5S. The number of para-hydroxylation sites is 1. The first kappa shape index (κ1) is 21.5. The van der Waals surface area contributed by atoms with Crippen molar-refractivity contribution in [1.82, 2.24) is 4.31 Å². The van der Waals surface area contributed by atoms with Crippen molar-refractivity contribution in [2.45, 2.75) is 17.9 Å². The molecular weight excluding hydrogens is 394 g/mol. The van der Waals surface area contributed by atoms with Gasteiger partial charge in [0.15, 0.2) is 6.10 Å². The third-order valence-corrected chi connectivity index (χ3v) is 5.50. The summed E-state index contributed by atoms with van der Waals surface area (Å²) in [6.45, 7) is 0.597. The van der Waals surface area contributed by atoms with Crippen LogP contribution in [0.4, 0.5) is 14.5 Å². The van der Waals surface area contributed by atoms with Gasteiger partial charge in [-0.05, 0) is 43.3 Å². The maximum atomic E-state index is 13.5. The van der Waals surface area contributed by atoms with Crippen molar-refractivity contribution >= 4 is 27.6 Å². The lowest BCUT2D eigenvalue weighted by molar-refractivity contribution is -0.153. The summed E-state index contributed by atoms with van der Waals surface area (Å²) in [4.78, 5) is 23.8. The van der Waals surface area contributed by atoms with Gasteiger partial charge in [0.05, 0.1) is 10.6 Å². The molecule has 10 heteroatoms. The van der Waals surface area contributed by atoms with E-state index in [-0.39, 0.29) is 10.6 Å². The molecule has 0 aromatic heterocycles. The summed E-state index contributed by atoms with van der Waals surface area (Å²) in [5.74, 6) is -3.01. The number of likely N-dealkylation sites (N-methyl/N-ethyl adjacent to an activating group) is 1. The number of sulfonamides is 1. The van der Waals surface area contributed by atoms with Crippen LogP contribution < -0.4 is 5.32 Å². The molecule has 7 nitrogen and oxygen atoms in total. The first-order valence-corrected chi connectivity index (χ1v) is 9.52. The van der Waals surface area contributed by atoms with E-state index in [1.807, 2.05) is 0 Å². The van der Waals surface area contributed by atoms with Crippen LogP contribution in [0.3, 0.4) is 0 Å². The average Bonchev–Trinajstić information content (AvgIpc) is 2.63. The molecule has 0 saturated carbocycles. The summed E-state index contributed by atoms with van der Waals surface area (Å²) in [6.07, 6.45) is -1.28. The zero-order chi connectivity index (χ0) is 20.9. The van der Waals surface area contributed by atoms with Crippen LogP contribution in [-0.2, 0) is 24.3 Å². The lowest BCUT2D eigenvalue weighted by atomic mass is 10.3. The number of esters is 1. The zero-order valence-electron chi connectivity index (χ0n) is 15.1. The Bertz CT molecular complexity index is 964. The molecule has 2 aromatic rings. The van der Waals surface area contributed by atoms with Gasteiger partial charge in [-0.1, -0.05) is 12.1 Å². The van der Waals surface area contributed by atoms with Crippen molar-refractivity contribution in [3.05, 3.63) is 60.2 Å². The number of carbonyl (C=O) groups is 2. The molecule has 1 amide bonds. The number of amides is 1. The maximum Gasteiger partial charge on any atom is 0.322 e. The number of hydrogen-bond acceptors (Lipinski definition) is 5. The van der Waals surface area contributed by atoms with Crippen LogP contribution in [0.1, 0.15) is 6.92 Å². The summed E-state index contributed by atoms with van der Waals surface area (Å²) < 4.78 is 56.8. The van der Waals surface area contributed by atoms with Gasteiger partial charge in [0.1, 0.15) is 18.2 Å². The fraction of sp³-hybridized carbons (Fsp3) is 0.222. The molecule has 0 saturated heterocycles. The summed E-state index contributed by atoms with van der Waals surface area (Å²) in [7, 11) is -2.90. The molecule has 1 atom stereocenters. The molecule has 0 unspecified atom stereocenters. The number of hydrogen-bond donors (Lipinski definition) is 1. The predicted octanol–water partition coefficient (Wildman–Crippen LogP) is 2.16. The molecule has 0 aliphatic heterocycles. The summed E-state index contributed by atoms with van der Waals surface area (Å²) >= 11 is 0. The number of anilines is 1. The Hall–Kier alpha value is -2.85. The predicted molar refractivity (Wildman–Crippen MR) is 96.8 cm³/mol. The Labute approximate surface area is 161 Å². The number of nitrogens with zero attached hydrogens (tertiary/aromatic N) is 1. The van der Waals surface area contributed by atoms with Crippen molar-refractivity contribution in [1.29, 1.82) is 0 Å². The standard InChI is InChI=1S/C18H18F2N2O5S/c1-12(18(24)21-16-6-4-3-5-15(16)20)27-17(23)11-22(2)28(25,26)14-9-7-13(19)8-10-14/h3-10,12H,11H2,1-2H3,(H,21,24)/t12-/m0/s1. The summed E-state index contributed by atoms with van der Waals surface area (Å²) in [5.41, 5.74) is -0.0774. The van der Waals surface area contributed by atoms with Gasteiger partial charge in [-0.25, -0.2) is 17.2 Å². The molecule has 1 N–H and O–H groups in total. The van der Waals surface area contributed by atoms with Crippen LogP contribution in [0.25, 0.3) is 0 Å². The minimum absolute atomic E-state index is 0.0774. The van der Waals surface area contributed by atoms with Crippen molar-refractivity contribution in [2.75, 3.05) is 18.9 Å². The van der Waals surface area contributed by atoms with Gasteiger partial charge < -0.3 is 10.1 Å². The van der Waals surface area contributed by atoms with Crippen LogP contribution in [0, 0.1) is 11.6 Å². The Morgan fingerprint density at radius 3 is 2.32 bits per heavy atom. The van der Waals surface area contributed by atoms with Crippen LogP contribution >= 0.6 is 0 Å². The Morgan fingerprint density at radius 1 is 1.11 bits per heavy atom. The molecule has 0 aliphatic carbocycles. The van der Waals surface area contributed by atoms with Gasteiger partial charge in [0.2, 0.25) is 10.0 Å². The van der Waals surface area contributed by atoms with Crippen molar-refractivity contribution in [3.8, 4) is 0 Å². The smallest absolute Gasteiger partial charge is 0.322 e.